The fourth-order valence-corrected chi connectivity index (χ4v) is 1.98. The number of hydrazine groups is 1. The normalized spacial score (nSPS) is 10.4. The summed E-state index contributed by atoms with van der Waals surface area (Å²) < 4.78 is 13.6. The van der Waals surface area contributed by atoms with Crippen LogP contribution in [0.25, 0.3) is 0 Å². The van der Waals surface area contributed by atoms with E-state index in [2.05, 4.69) is 36.6 Å². The number of hydrogen-bond donors (Lipinski definition) is 3. The molecule has 2 rings (SSSR count). The molecule has 0 aliphatic carbocycles. The first-order valence-electron chi connectivity index (χ1n) is 5.55. The number of halogens is 2. The Labute approximate surface area is 118 Å². The van der Waals surface area contributed by atoms with Gasteiger partial charge in [-0.2, -0.15) is 0 Å². The van der Waals surface area contributed by atoms with Gasteiger partial charge in [0, 0.05) is 11.3 Å². The summed E-state index contributed by atoms with van der Waals surface area (Å²) in [6, 6.07) is 4.65. The number of nitrogens with one attached hydrogen (secondary N) is 2. The van der Waals surface area contributed by atoms with Gasteiger partial charge in [0.2, 0.25) is 0 Å². The smallest absolute Gasteiger partial charge is 0.148 e. The number of nitrogens with zero attached hydrogens (tertiary/aromatic N) is 2. The van der Waals surface area contributed by atoms with Crippen LogP contribution in [-0.4, -0.2) is 9.97 Å². The molecule has 100 valence electrons. The topological polar surface area (TPSA) is 75.9 Å². The van der Waals surface area contributed by atoms with Gasteiger partial charge >= 0.3 is 0 Å². The van der Waals surface area contributed by atoms with E-state index in [1.807, 2.05) is 6.92 Å². The van der Waals surface area contributed by atoms with Crippen LogP contribution in [0.3, 0.4) is 0 Å². The maximum absolute atomic E-state index is 13.2. The lowest BCUT2D eigenvalue weighted by Crippen LogP contribution is -2.13. The predicted octanol–water partition coefficient (Wildman–Crippen LogP) is 3.02. The highest BCUT2D eigenvalue weighted by Crippen LogP contribution is 2.25. The standard InChI is InChI=1S/C12H13BrFN5/c1-6-11(16-7(2)17-12(6)19-15)18-8-3-4-10(14)9(13)5-8/h3-5H,15H2,1-2H3,(H2,16,17,18,19). The average Bonchev–Trinajstić information content (AvgIpc) is 2.37. The number of anilines is 3. The van der Waals surface area contributed by atoms with Crippen molar-refractivity contribution >= 4 is 33.3 Å². The second-order valence-electron chi connectivity index (χ2n) is 3.99. The van der Waals surface area contributed by atoms with E-state index in [1.54, 1.807) is 19.1 Å². The number of aryl methyl sites for hydroxylation is 1. The molecule has 1 aromatic heterocycles. The third-order valence-electron chi connectivity index (χ3n) is 2.58. The van der Waals surface area contributed by atoms with Crippen LogP contribution < -0.4 is 16.6 Å². The van der Waals surface area contributed by atoms with Crippen LogP contribution in [-0.2, 0) is 0 Å². The summed E-state index contributed by atoms with van der Waals surface area (Å²) in [5.74, 6) is 6.85. The summed E-state index contributed by atoms with van der Waals surface area (Å²) in [6.07, 6.45) is 0. The van der Waals surface area contributed by atoms with E-state index in [4.69, 9.17) is 5.84 Å². The van der Waals surface area contributed by atoms with Gasteiger partial charge in [-0.1, -0.05) is 0 Å². The molecule has 0 spiro atoms. The fraction of sp³-hybridized carbons (Fsp3) is 0.167. The van der Waals surface area contributed by atoms with Crippen LogP contribution in [0.4, 0.5) is 21.7 Å². The summed E-state index contributed by atoms with van der Waals surface area (Å²) in [5, 5.41) is 3.11. The quantitative estimate of drug-likeness (QED) is 0.597. The number of benzene rings is 1. The van der Waals surface area contributed by atoms with Crippen LogP contribution in [0.2, 0.25) is 0 Å². The zero-order valence-electron chi connectivity index (χ0n) is 10.5. The van der Waals surface area contributed by atoms with Crippen LogP contribution in [0.15, 0.2) is 22.7 Å². The lowest BCUT2D eigenvalue weighted by Gasteiger charge is -2.12. The third-order valence-corrected chi connectivity index (χ3v) is 3.18. The minimum atomic E-state index is -0.314. The van der Waals surface area contributed by atoms with Crippen molar-refractivity contribution in [2.24, 2.45) is 5.84 Å². The number of aromatic nitrogens is 2. The van der Waals surface area contributed by atoms with Gasteiger partial charge in [-0.25, -0.2) is 20.2 Å². The molecule has 19 heavy (non-hydrogen) atoms. The van der Waals surface area contributed by atoms with Gasteiger partial charge in [0.05, 0.1) is 4.47 Å². The molecule has 1 aromatic carbocycles. The molecule has 0 amide bonds. The Bertz CT molecular complexity index is 617. The first-order valence-corrected chi connectivity index (χ1v) is 6.34. The van der Waals surface area contributed by atoms with Crippen molar-refractivity contribution in [1.29, 1.82) is 0 Å². The fourth-order valence-electron chi connectivity index (χ4n) is 1.60. The second-order valence-corrected chi connectivity index (χ2v) is 4.85. The molecule has 2 aromatic rings. The summed E-state index contributed by atoms with van der Waals surface area (Å²) in [5.41, 5.74) is 4.03. The number of nitrogens with two attached hydrogens (primary N) is 1. The van der Waals surface area contributed by atoms with Crippen molar-refractivity contribution in [3.8, 4) is 0 Å². The van der Waals surface area contributed by atoms with E-state index in [1.165, 1.54) is 6.07 Å². The molecular weight excluding hydrogens is 313 g/mol. The maximum atomic E-state index is 13.2. The van der Waals surface area contributed by atoms with Crippen molar-refractivity contribution < 1.29 is 4.39 Å². The van der Waals surface area contributed by atoms with Gasteiger partial charge in [0.15, 0.2) is 0 Å². The largest absolute Gasteiger partial charge is 0.340 e. The van der Waals surface area contributed by atoms with Gasteiger partial charge in [0.25, 0.3) is 0 Å². The molecule has 0 saturated carbocycles. The van der Waals surface area contributed by atoms with Crippen LogP contribution >= 0.6 is 15.9 Å². The molecule has 0 atom stereocenters. The van der Waals surface area contributed by atoms with E-state index in [-0.39, 0.29) is 5.82 Å². The van der Waals surface area contributed by atoms with Crippen LogP contribution in [0.5, 0.6) is 0 Å². The SMILES string of the molecule is Cc1nc(NN)c(C)c(Nc2ccc(F)c(Br)c2)n1. The van der Waals surface area contributed by atoms with E-state index in [0.29, 0.717) is 21.9 Å². The lowest BCUT2D eigenvalue weighted by atomic mass is 10.2. The molecule has 0 aliphatic rings. The summed E-state index contributed by atoms with van der Waals surface area (Å²) in [7, 11) is 0. The lowest BCUT2D eigenvalue weighted by molar-refractivity contribution is 0.621. The zero-order valence-corrected chi connectivity index (χ0v) is 12.0. The minimum absolute atomic E-state index is 0.314. The predicted molar refractivity (Wildman–Crippen MR) is 76.7 cm³/mol. The molecule has 0 unspecified atom stereocenters. The van der Waals surface area contributed by atoms with Crippen molar-refractivity contribution in [3.63, 3.8) is 0 Å². The average molecular weight is 326 g/mol. The first kappa shape index (κ1) is 13.7. The van der Waals surface area contributed by atoms with Crippen molar-refractivity contribution in [1.82, 2.24) is 9.97 Å². The molecule has 0 radical (unpaired) electrons. The van der Waals surface area contributed by atoms with Gasteiger partial charge in [0.1, 0.15) is 23.3 Å². The summed E-state index contributed by atoms with van der Waals surface area (Å²) in [4.78, 5) is 8.47. The van der Waals surface area contributed by atoms with Crippen molar-refractivity contribution in [2.45, 2.75) is 13.8 Å². The molecule has 4 N–H and O–H groups in total. The van der Waals surface area contributed by atoms with Crippen molar-refractivity contribution in [3.05, 3.63) is 39.9 Å². The molecule has 0 fully saturated rings. The number of hydrogen-bond acceptors (Lipinski definition) is 5. The first-order chi connectivity index (χ1) is 9.01. The number of rotatable bonds is 3. The monoisotopic (exact) mass is 325 g/mol. The highest BCUT2D eigenvalue weighted by molar-refractivity contribution is 9.10. The molecule has 1 heterocycles. The molecule has 0 aliphatic heterocycles. The van der Waals surface area contributed by atoms with E-state index in [0.717, 1.165) is 11.3 Å². The van der Waals surface area contributed by atoms with Gasteiger partial charge in [-0.15, -0.1) is 0 Å². The summed E-state index contributed by atoms with van der Waals surface area (Å²) in [6.45, 7) is 3.61. The van der Waals surface area contributed by atoms with E-state index >= 15 is 0 Å². The second kappa shape index (κ2) is 5.50. The van der Waals surface area contributed by atoms with E-state index < -0.39 is 0 Å². The Hall–Kier alpha value is -1.73. The maximum Gasteiger partial charge on any atom is 0.148 e. The van der Waals surface area contributed by atoms with Crippen LogP contribution in [0, 0.1) is 19.7 Å². The van der Waals surface area contributed by atoms with Crippen LogP contribution in [0.1, 0.15) is 11.4 Å². The Kier molecular flexibility index (Phi) is 3.96. The molecule has 0 saturated heterocycles. The van der Waals surface area contributed by atoms with E-state index in [9.17, 15) is 4.39 Å². The Morgan fingerprint density at radius 3 is 2.53 bits per heavy atom. The highest BCUT2D eigenvalue weighted by atomic mass is 79.9. The molecule has 5 nitrogen and oxygen atoms in total. The Morgan fingerprint density at radius 1 is 1.21 bits per heavy atom. The summed E-state index contributed by atoms with van der Waals surface area (Å²) >= 11 is 3.14. The molecule has 0 bridgehead atoms. The number of nitrogen functional groups attached to an aromatic ring is 1. The third kappa shape index (κ3) is 2.99. The van der Waals surface area contributed by atoms with Gasteiger partial charge in [-0.05, 0) is 48.0 Å². The molecule has 7 heteroatoms. The minimum Gasteiger partial charge on any atom is -0.340 e. The molecular formula is C12H13BrFN5. The van der Waals surface area contributed by atoms with Gasteiger partial charge in [-0.3, -0.25) is 0 Å². The van der Waals surface area contributed by atoms with Crippen molar-refractivity contribution in [2.75, 3.05) is 10.7 Å². The Balaban J connectivity index is 2.37. The Morgan fingerprint density at radius 2 is 1.89 bits per heavy atom. The van der Waals surface area contributed by atoms with Gasteiger partial charge < -0.3 is 10.7 Å². The highest BCUT2D eigenvalue weighted by Gasteiger charge is 2.09. The zero-order chi connectivity index (χ0) is 14.0.